The Morgan fingerprint density at radius 1 is 1.03 bits per heavy atom. The van der Waals surface area contributed by atoms with Gasteiger partial charge in [-0.3, -0.25) is 13.6 Å². The molecule has 3 aromatic rings. The van der Waals surface area contributed by atoms with Crippen LogP contribution in [0.15, 0.2) is 40.5 Å². The number of nitrogens with two attached hydrogens (primary N) is 1. The number of nitrogen functional groups attached to an aromatic ring is 1. The molecule has 2 aromatic heterocycles. The molecule has 0 aliphatic rings. The number of aromatic nitrogens is 4. The van der Waals surface area contributed by atoms with Crippen molar-refractivity contribution in [1.29, 1.82) is 0 Å². The summed E-state index contributed by atoms with van der Waals surface area (Å²) in [6, 6.07) is 6.26. The van der Waals surface area contributed by atoms with Crippen LogP contribution in [0.3, 0.4) is 0 Å². The lowest BCUT2D eigenvalue weighted by Crippen LogP contribution is -2.21. The molecule has 1 aromatic carbocycles. The van der Waals surface area contributed by atoms with Gasteiger partial charge in [-0.25, -0.2) is 9.97 Å². The lowest BCUT2D eigenvalue weighted by molar-refractivity contribution is -0.166. The van der Waals surface area contributed by atoms with Crippen molar-refractivity contribution in [2.24, 2.45) is 0 Å². The Balaban J connectivity index is 1.66. The molecule has 0 fully saturated rings. The van der Waals surface area contributed by atoms with Gasteiger partial charge in [-0.05, 0) is 24.3 Å². The van der Waals surface area contributed by atoms with Crippen molar-refractivity contribution < 1.29 is 49.8 Å². The smallest absolute Gasteiger partial charge is 0.412 e. The summed E-state index contributed by atoms with van der Waals surface area (Å²) >= 11 is 1.20. The van der Waals surface area contributed by atoms with Crippen molar-refractivity contribution in [3.05, 3.63) is 30.6 Å². The zero-order chi connectivity index (χ0) is 26.6. The standard InChI is InChI=1S/C18H18F6N5O5PS/c19-17(20,21)7-33-35(31,34-8-18(22,23)24)10-32-6-5-29-9-26-13-14(29)27-16(25)28-15(13)36-12-3-1-11(30)2-4-12/h1-4,9,30H,5-8,10H2,(H2,25,27,28). The fourth-order valence-electron chi connectivity index (χ4n) is 2.59. The van der Waals surface area contributed by atoms with Crippen LogP contribution in [0.25, 0.3) is 11.2 Å². The van der Waals surface area contributed by atoms with Gasteiger partial charge in [-0.2, -0.15) is 31.3 Å². The summed E-state index contributed by atoms with van der Waals surface area (Å²) in [6.45, 7) is -4.50. The van der Waals surface area contributed by atoms with E-state index in [1.54, 1.807) is 12.1 Å². The monoisotopic (exact) mass is 561 g/mol. The zero-order valence-corrected chi connectivity index (χ0v) is 19.7. The van der Waals surface area contributed by atoms with Crippen molar-refractivity contribution in [2.75, 3.05) is 31.9 Å². The van der Waals surface area contributed by atoms with Gasteiger partial charge in [0, 0.05) is 11.4 Å². The zero-order valence-electron chi connectivity index (χ0n) is 18.0. The van der Waals surface area contributed by atoms with Crippen molar-refractivity contribution in [1.82, 2.24) is 19.5 Å². The van der Waals surface area contributed by atoms with Gasteiger partial charge in [0.05, 0.1) is 12.9 Å². The summed E-state index contributed by atoms with van der Waals surface area (Å²) in [5.74, 6) is -0.00909. The van der Waals surface area contributed by atoms with Gasteiger partial charge >= 0.3 is 19.9 Å². The van der Waals surface area contributed by atoms with E-state index in [9.17, 15) is 36.0 Å². The molecule has 36 heavy (non-hydrogen) atoms. The average molecular weight is 561 g/mol. The molecule has 0 aliphatic heterocycles. The lowest BCUT2D eigenvalue weighted by Gasteiger charge is -2.20. The highest BCUT2D eigenvalue weighted by Crippen LogP contribution is 2.50. The number of aromatic hydroxyl groups is 1. The van der Waals surface area contributed by atoms with Crippen LogP contribution in [0.4, 0.5) is 32.3 Å². The van der Waals surface area contributed by atoms with Crippen molar-refractivity contribution >= 4 is 36.5 Å². The lowest BCUT2D eigenvalue weighted by atomic mass is 10.3. The van der Waals surface area contributed by atoms with Crippen molar-refractivity contribution in [3.8, 4) is 5.75 Å². The first kappa shape index (κ1) is 28.0. The molecule has 0 bridgehead atoms. The van der Waals surface area contributed by atoms with Crippen LogP contribution < -0.4 is 5.73 Å². The number of ether oxygens (including phenoxy) is 1. The van der Waals surface area contributed by atoms with E-state index < -0.39 is 39.5 Å². The number of hydrogen-bond donors (Lipinski definition) is 2. The Kier molecular flexibility index (Phi) is 8.71. The van der Waals surface area contributed by atoms with Gasteiger partial charge in [0.25, 0.3) is 0 Å². The van der Waals surface area contributed by atoms with E-state index in [0.29, 0.717) is 10.5 Å². The molecule has 0 amide bonds. The number of hydrogen-bond acceptors (Lipinski definition) is 10. The molecule has 0 saturated heterocycles. The van der Waals surface area contributed by atoms with Gasteiger partial charge in [0.15, 0.2) is 18.9 Å². The third kappa shape index (κ3) is 8.51. The number of imidazole rings is 1. The first-order valence-corrected chi connectivity index (χ1v) is 12.3. The molecule has 198 valence electrons. The summed E-state index contributed by atoms with van der Waals surface area (Å²) < 4.78 is 101. The molecular weight excluding hydrogens is 543 g/mol. The number of nitrogens with zero attached hydrogens (tertiary/aromatic N) is 4. The summed E-state index contributed by atoms with van der Waals surface area (Å²) in [5, 5.41) is 9.81. The number of phenols is 1. The number of anilines is 1. The van der Waals surface area contributed by atoms with E-state index in [4.69, 9.17) is 10.5 Å². The van der Waals surface area contributed by atoms with Crippen LogP contribution >= 0.6 is 19.4 Å². The highest BCUT2D eigenvalue weighted by Gasteiger charge is 2.38. The van der Waals surface area contributed by atoms with E-state index in [0.717, 1.165) is 4.90 Å². The minimum absolute atomic E-state index is 0.0329. The summed E-state index contributed by atoms with van der Waals surface area (Å²) in [4.78, 5) is 13.2. The molecule has 10 nitrogen and oxygen atoms in total. The van der Waals surface area contributed by atoms with Crippen LogP contribution in [0, 0.1) is 0 Å². The predicted molar refractivity (Wildman–Crippen MR) is 114 cm³/mol. The molecular formula is C18H18F6N5O5PS. The van der Waals surface area contributed by atoms with E-state index in [-0.39, 0.29) is 30.5 Å². The van der Waals surface area contributed by atoms with Crippen molar-refractivity contribution in [3.63, 3.8) is 0 Å². The van der Waals surface area contributed by atoms with Crippen LogP contribution in [-0.4, -0.2) is 63.1 Å². The minimum Gasteiger partial charge on any atom is -0.508 e. The minimum atomic E-state index is -4.94. The largest absolute Gasteiger partial charge is 0.508 e. The molecule has 0 radical (unpaired) electrons. The molecule has 18 heteroatoms. The molecule has 0 saturated carbocycles. The van der Waals surface area contributed by atoms with Gasteiger partial charge < -0.3 is 20.1 Å². The highest BCUT2D eigenvalue weighted by atomic mass is 32.2. The number of benzene rings is 1. The van der Waals surface area contributed by atoms with Crippen molar-refractivity contribution in [2.45, 2.75) is 28.8 Å². The van der Waals surface area contributed by atoms with Gasteiger partial charge in [0.2, 0.25) is 5.95 Å². The second-order valence-corrected chi connectivity index (χ2v) is 10.1. The maximum Gasteiger partial charge on any atom is 0.412 e. The molecule has 0 atom stereocenters. The normalized spacial score (nSPS) is 12.9. The second-order valence-electron chi connectivity index (χ2n) is 7.02. The van der Waals surface area contributed by atoms with Gasteiger partial charge in [0.1, 0.15) is 22.6 Å². The number of fused-ring (bicyclic) bond motifs is 1. The molecule has 2 heterocycles. The van der Waals surface area contributed by atoms with E-state index in [2.05, 4.69) is 24.0 Å². The van der Waals surface area contributed by atoms with Crippen LogP contribution in [0.5, 0.6) is 5.75 Å². The number of halogens is 6. The van der Waals surface area contributed by atoms with Crippen LogP contribution in [-0.2, 0) is 24.9 Å². The number of rotatable bonds is 11. The molecule has 3 N–H and O–H groups in total. The maximum atomic E-state index is 12.4. The number of alkyl halides is 6. The van der Waals surface area contributed by atoms with Gasteiger partial charge in [-0.15, -0.1) is 0 Å². The van der Waals surface area contributed by atoms with E-state index >= 15 is 0 Å². The summed E-state index contributed by atoms with van der Waals surface area (Å²) in [5.41, 5.74) is 6.41. The Hall–Kier alpha value is -2.59. The van der Waals surface area contributed by atoms with Crippen LogP contribution in [0.2, 0.25) is 0 Å². The van der Waals surface area contributed by atoms with E-state index in [1.807, 2.05) is 0 Å². The summed E-state index contributed by atoms with van der Waals surface area (Å²) in [7, 11) is -4.88. The average Bonchev–Trinajstić information content (AvgIpc) is 3.18. The Labute approximate surface area is 203 Å². The SMILES string of the molecule is Nc1nc(Sc2ccc(O)cc2)c2ncn(CCOCP(=O)(OCC(F)(F)F)OCC(F)(F)F)c2n1. The predicted octanol–water partition coefficient (Wildman–Crippen LogP) is 4.59. The molecule has 0 spiro atoms. The molecule has 3 rings (SSSR count). The third-order valence-corrected chi connectivity index (χ3v) is 6.61. The first-order valence-electron chi connectivity index (χ1n) is 9.78. The Bertz CT molecular complexity index is 1200. The van der Waals surface area contributed by atoms with Gasteiger partial charge in [-0.1, -0.05) is 11.8 Å². The Morgan fingerprint density at radius 2 is 1.64 bits per heavy atom. The second kappa shape index (κ2) is 11.2. The quantitative estimate of drug-likeness (QED) is 0.148. The third-order valence-electron chi connectivity index (χ3n) is 4.08. The fourth-order valence-corrected chi connectivity index (χ4v) is 4.73. The Morgan fingerprint density at radius 3 is 2.22 bits per heavy atom. The molecule has 0 aliphatic carbocycles. The topological polar surface area (TPSA) is 135 Å². The molecule has 0 unspecified atom stereocenters. The number of phenolic OH excluding ortho intramolecular Hbond substituents is 1. The fraction of sp³-hybridized carbons (Fsp3) is 0.389. The summed E-state index contributed by atoms with van der Waals surface area (Å²) in [6.07, 6.45) is -9.68. The van der Waals surface area contributed by atoms with Crippen LogP contribution in [0.1, 0.15) is 0 Å². The first-order chi connectivity index (χ1) is 16.7. The maximum absolute atomic E-state index is 12.4. The van der Waals surface area contributed by atoms with E-state index in [1.165, 1.54) is 34.8 Å². The highest BCUT2D eigenvalue weighted by molar-refractivity contribution is 7.99.